The zero-order valence-electron chi connectivity index (χ0n) is 13.6. The molecular weight excluding hydrogens is 286 g/mol. The van der Waals surface area contributed by atoms with Gasteiger partial charge in [-0.3, -0.25) is 0 Å². The van der Waals surface area contributed by atoms with E-state index in [1.54, 1.807) is 0 Å². The Hall–Kier alpha value is -2.40. The molecule has 0 unspecified atom stereocenters. The number of likely N-dealkylation sites (N-methyl/N-ethyl adjacent to an activating group) is 1. The van der Waals surface area contributed by atoms with Crippen LogP contribution in [-0.2, 0) is 0 Å². The van der Waals surface area contributed by atoms with Crippen molar-refractivity contribution in [3.63, 3.8) is 0 Å². The Labute approximate surface area is 136 Å². The van der Waals surface area contributed by atoms with Gasteiger partial charge in [0.15, 0.2) is 5.65 Å². The van der Waals surface area contributed by atoms with Crippen LogP contribution in [-0.4, -0.2) is 52.7 Å². The second-order valence-electron chi connectivity index (χ2n) is 6.25. The highest BCUT2D eigenvalue weighted by Gasteiger charge is 2.18. The average Bonchev–Trinajstić information content (AvgIpc) is 3.00. The van der Waals surface area contributed by atoms with Gasteiger partial charge >= 0.3 is 0 Å². The molecule has 0 saturated carbocycles. The van der Waals surface area contributed by atoms with E-state index in [-0.39, 0.29) is 0 Å². The maximum Gasteiger partial charge on any atom is 0.165 e. The number of hydrogen-bond donors (Lipinski definition) is 0. The number of fused-ring (bicyclic) bond motifs is 1. The summed E-state index contributed by atoms with van der Waals surface area (Å²) in [6, 6.07) is 10.6. The Morgan fingerprint density at radius 1 is 0.957 bits per heavy atom. The lowest BCUT2D eigenvalue weighted by Crippen LogP contribution is -2.45. The van der Waals surface area contributed by atoms with Crippen LogP contribution in [0.1, 0.15) is 5.56 Å². The number of anilines is 1. The smallest absolute Gasteiger partial charge is 0.165 e. The zero-order chi connectivity index (χ0) is 15.8. The van der Waals surface area contributed by atoms with Crippen LogP contribution in [0.25, 0.3) is 16.8 Å². The summed E-state index contributed by atoms with van der Waals surface area (Å²) in [5.41, 5.74) is 4.43. The first kappa shape index (κ1) is 14.2. The molecule has 1 fully saturated rings. The van der Waals surface area contributed by atoms with E-state index in [0.717, 1.165) is 48.8 Å². The summed E-state index contributed by atoms with van der Waals surface area (Å²) in [6.45, 7) is 6.31. The number of aromatic nitrogens is 3. The van der Waals surface area contributed by atoms with E-state index >= 15 is 0 Å². The highest BCUT2D eigenvalue weighted by atomic mass is 15.4. The van der Waals surface area contributed by atoms with E-state index in [0.29, 0.717) is 0 Å². The number of piperazine rings is 1. The van der Waals surface area contributed by atoms with Crippen molar-refractivity contribution >= 4 is 11.5 Å². The minimum atomic E-state index is 0.922. The average molecular weight is 307 g/mol. The predicted molar refractivity (Wildman–Crippen MR) is 92.9 cm³/mol. The fourth-order valence-corrected chi connectivity index (χ4v) is 3.09. The summed E-state index contributed by atoms with van der Waals surface area (Å²) in [6.07, 6.45) is 3.81. The van der Waals surface area contributed by atoms with Crippen molar-refractivity contribution in [2.45, 2.75) is 6.92 Å². The summed E-state index contributed by atoms with van der Waals surface area (Å²) >= 11 is 0. The molecule has 0 bridgehead atoms. The van der Waals surface area contributed by atoms with Gasteiger partial charge in [0.1, 0.15) is 5.82 Å². The van der Waals surface area contributed by atoms with Crippen LogP contribution in [0, 0.1) is 6.92 Å². The summed E-state index contributed by atoms with van der Waals surface area (Å²) < 4.78 is 1.97. The summed E-state index contributed by atoms with van der Waals surface area (Å²) in [7, 11) is 2.17. The van der Waals surface area contributed by atoms with Crippen LogP contribution >= 0.6 is 0 Å². The molecule has 0 amide bonds. The maximum absolute atomic E-state index is 4.61. The van der Waals surface area contributed by atoms with Crippen LogP contribution in [0.2, 0.25) is 0 Å². The van der Waals surface area contributed by atoms with Gasteiger partial charge in [0.25, 0.3) is 0 Å². The molecular formula is C18H21N5. The molecule has 2 aromatic heterocycles. The van der Waals surface area contributed by atoms with E-state index in [9.17, 15) is 0 Å². The number of nitrogens with zero attached hydrogens (tertiary/aromatic N) is 5. The number of hydrogen-bond acceptors (Lipinski definition) is 4. The number of benzene rings is 1. The largest absolute Gasteiger partial charge is 0.354 e. The summed E-state index contributed by atoms with van der Waals surface area (Å²) in [5.74, 6) is 1.13. The van der Waals surface area contributed by atoms with Gasteiger partial charge in [-0.25, -0.2) is 4.98 Å². The van der Waals surface area contributed by atoms with Gasteiger partial charge in [-0.2, -0.15) is 9.61 Å². The Bertz CT molecular complexity index is 813. The van der Waals surface area contributed by atoms with Crippen LogP contribution in [0.5, 0.6) is 0 Å². The third-order valence-corrected chi connectivity index (χ3v) is 4.57. The minimum Gasteiger partial charge on any atom is -0.354 e. The van der Waals surface area contributed by atoms with Gasteiger partial charge in [0, 0.05) is 37.9 Å². The van der Waals surface area contributed by atoms with E-state index in [1.165, 1.54) is 5.56 Å². The highest BCUT2D eigenvalue weighted by Crippen LogP contribution is 2.26. The molecule has 0 atom stereocenters. The van der Waals surface area contributed by atoms with Crippen molar-refractivity contribution in [3.8, 4) is 11.1 Å². The Kier molecular flexibility index (Phi) is 3.50. The molecule has 1 saturated heterocycles. The van der Waals surface area contributed by atoms with E-state index in [4.69, 9.17) is 0 Å². The first-order valence-corrected chi connectivity index (χ1v) is 8.06. The minimum absolute atomic E-state index is 0.922. The molecule has 5 heteroatoms. The van der Waals surface area contributed by atoms with E-state index in [1.807, 2.05) is 16.9 Å². The lowest BCUT2D eigenvalue weighted by molar-refractivity contribution is 0.311. The molecule has 118 valence electrons. The van der Waals surface area contributed by atoms with Gasteiger partial charge < -0.3 is 9.80 Å². The Morgan fingerprint density at radius 2 is 1.70 bits per heavy atom. The van der Waals surface area contributed by atoms with Crippen LogP contribution < -0.4 is 4.90 Å². The van der Waals surface area contributed by atoms with E-state index in [2.05, 4.69) is 64.2 Å². The van der Waals surface area contributed by atoms with Crippen molar-refractivity contribution in [2.75, 3.05) is 38.1 Å². The monoisotopic (exact) mass is 307 g/mol. The number of rotatable bonds is 2. The van der Waals surface area contributed by atoms with Crippen molar-refractivity contribution in [1.29, 1.82) is 0 Å². The lowest BCUT2D eigenvalue weighted by Gasteiger charge is -2.33. The second kappa shape index (κ2) is 5.66. The van der Waals surface area contributed by atoms with Gasteiger partial charge in [-0.15, -0.1) is 0 Å². The maximum atomic E-state index is 4.61. The molecule has 3 heterocycles. The highest BCUT2D eigenvalue weighted by molar-refractivity contribution is 5.78. The molecule has 1 aliphatic heterocycles. The van der Waals surface area contributed by atoms with E-state index < -0.39 is 0 Å². The van der Waals surface area contributed by atoms with Crippen molar-refractivity contribution in [2.24, 2.45) is 0 Å². The normalized spacial score (nSPS) is 16.2. The van der Waals surface area contributed by atoms with Crippen molar-refractivity contribution < 1.29 is 0 Å². The zero-order valence-corrected chi connectivity index (χ0v) is 13.6. The van der Waals surface area contributed by atoms with Crippen LogP contribution in [0.4, 0.5) is 5.82 Å². The van der Waals surface area contributed by atoms with Crippen LogP contribution in [0.15, 0.2) is 42.7 Å². The topological polar surface area (TPSA) is 36.7 Å². The predicted octanol–water partition coefficient (Wildman–Crippen LogP) is 2.46. The SMILES string of the molecule is Cc1ccc(-c2cnn3c(N4CCN(C)CC4)ccnc23)cc1. The van der Waals surface area contributed by atoms with Crippen molar-refractivity contribution in [3.05, 3.63) is 48.3 Å². The fourth-order valence-electron chi connectivity index (χ4n) is 3.09. The summed E-state index contributed by atoms with van der Waals surface area (Å²) in [4.78, 5) is 9.32. The second-order valence-corrected chi connectivity index (χ2v) is 6.25. The summed E-state index contributed by atoms with van der Waals surface area (Å²) in [5, 5.41) is 4.61. The molecule has 1 aromatic carbocycles. The van der Waals surface area contributed by atoms with Gasteiger partial charge in [-0.05, 0) is 25.6 Å². The molecule has 3 aromatic rings. The molecule has 5 nitrogen and oxygen atoms in total. The molecule has 0 spiro atoms. The lowest BCUT2D eigenvalue weighted by atomic mass is 10.1. The Morgan fingerprint density at radius 3 is 2.43 bits per heavy atom. The Balaban J connectivity index is 1.76. The number of aryl methyl sites for hydroxylation is 1. The van der Waals surface area contributed by atoms with Crippen LogP contribution in [0.3, 0.4) is 0 Å². The first-order chi connectivity index (χ1) is 11.2. The fraction of sp³-hybridized carbons (Fsp3) is 0.333. The molecule has 0 radical (unpaired) electrons. The van der Waals surface area contributed by atoms with Gasteiger partial charge in [0.2, 0.25) is 0 Å². The third kappa shape index (κ3) is 2.57. The molecule has 0 N–H and O–H groups in total. The first-order valence-electron chi connectivity index (χ1n) is 8.06. The van der Waals surface area contributed by atoms with Gasteiger partial charge in [0.05, 0.1) is 6.20 Å². The standard InChI is InChI=1S/C18H21N5/c1-14-3-5-15(6-4-14)16-13-20-23-17(7-8-19-18(16)23)22-11-9-21(2)10-12-22/h3-8,13H,9-12H2,1-2H3. The quantitative estimate of drug-likeness (QED) is 0.729. The van der Waals surface area contributed by atoms with Gasteiger partial charge in [-0.1, -0.05) is 29.8 Å². The molecule has 0 aliphatic carbocycles. The third-order valence-electron chi connectivity index (χ3n) is 4.57. The molecule has 4 rings (SSSR count). The van der Waals surface area contributed by atoms with Crippen molar-refractivity contribution in [1.82, 2.24) is 19.5 Å². The molecule has 1 aliphatic rings. The molecule has 23 heavy (non-hydrogen) atoms.